The summed E-state index contributed by atoms with van der Waals surface area (Å²) in [5.41, 5.74) is 0.630. The van der Waals surface area contributed by atoms with Gasteiger partial charge in [0.2, 0.25) is 6.41 Å². The summed E-state index contributed by atoms with van der Waals surface area (Å²) in [5, 5.41) is 2.55. The molecule has 0 unspecified atom stereocenters. The molecule has 0 fully saturated rings. The monoisotopic (exact) mass is 205 g/mol. The van der Waals surface area contributed by atoms with Crippen molar-refractivity contribution < 1.29 is 9.59 Å². The van der Waals surface area contributed by atoms with Crippen molar-refractivity contribution in [3.63, 3.8) is 0 Å². The van der Waals surface area contributed by atoms with E-state index in [1.54, 1.807) is 12.1 Å². The molecule has 3 nitrogen and oxygen atoms in total. The zero-order chi connectivity index (χ0) is 11.3. The van der Waals surface area contributed by atoms with Crippen molar-refractivity contribution >= 4 is 12.2 Å². The van der Waals surface area contributed by atoms with Gasteiger partial charge in [0, 0.05) is 5.56 Å². The van der Waals surface area contributed by atoms with Gasteiger partial charge in [-0.3, -0.25) is 9.59 Å². The quantitative estimate of drug-likeness (QED) is 0.586. The number of hydrogen-bond acceptors (Lipinski definition) is 2. The van der Waals surface area contributed by atoms with Gasteiger partial charge in [-0.1, -0.05) is 44.2 Å². The second-order valence-electron chi connectivity index (χ2n) is 3.74. The molecule has 1 atom stereocenters. The fraction of sp³-hybridized carbons (Fsp3) is 0.333. The first kappa shape index (κ1) is 11.4. The lowest BCUT2D eigenvalue weighted by Crippen LogP contribution is -2.40. The predicted octanol–water partition coefficient (Wildman–Crippen LogP) is 1.64. The van der Waals surface area contributed by atoms with Crippen LogP contribution in [0.3, 0.4) is 0 Å². The minimum atomic E-state index is -0.440. The van der Waals surface area contributed by atoms with E-state index in [2.05, 4.69) is 5.32 Å². The Morgan fingerprint density at radius 3 is 2.33 bits per heavy atom. The van der Waals surface area contributed by atoms with E-state index in [0.29, 0.717) is 12.0 Å². The number of nitrogens with one attached hydrogen (secondary N) is 1. The summed E-state index contributed by atoms with van der Waals surface area (Å²) in [6.45, 7) is 3.81. The summed E-state index contributed by atoms with van der Waals surface area (Å²) in [5.74, 6) is 0.0422. The van der Waals surface area contributed by atoms with Gasteiger partial charge >= 0.3 is 0 Å². The van der Waals surface area contributed by atoms with E-state index in [0.717, 1.165) is 0 Å². The minimum Gasteiger partial charge on any atom is -0.348 e. The normalized spacial score (nSPS) is 12.2. The number of rotatable bonds is 5. The van der Waals surface area contributed by atoms with Crippen LogP contribution in [-0.2, 0) is 4.79 Å². The van der Waals surface area contributed by atoms with Gasteiger partial charge in [-0.2, -0.15) is 0 Å². The smallest absolute Gasteiger partial charge is 0.207 e. The lowest BCUT2D eigenvalue weighted by atomic mass is 9.95. The molecule has 80 valence electrons. The molecule has 15 heavy (non-hydrogen) atoms. The summed E-state index contributed by atoms with van der Waals surface area (Å²) in [6, 6.07) is 8.55. The van der Waals surface area contributed by atoms with Crippen molar-refractivity contribution in [2.75, 3.05) is 0 Å². The van der Waals surface area contributed by atoms with Crippen LogP contribution in [0.25, 0.3) is 0 Å². The molecule has 0 saturated carbocycles. The van der Waals surface area contributed by atoms with Gasteiger partial charge < -0.3 is 5.32 Å². The van der Waals surface area contributed by atoms with E-state index in [4.69, 9.17) is 0 Å². The van der Waals surface area contributed by atoms with Gasteiger partial charge in [-0.15, -0.1) is 0 Å². The molecular weight excluding hydrogens is 190 g/mol. The van der Waals surface area contributed by atoms with Gasteiger partial charge in [0.1, 0.15) is 0 Å². The molecule has 0 heterocycles. The minimum absolute atomic E-state index is 0.0438. The zero-order valence-electron chi connectivity index (χ0n) is 8.94. The molecule has 1 rings (SSSR count). The number of ketones is 1. The van der Waals surface area contributed by atoms with Gasteiger partial charge in [0.25, 0.3) is 0 Å². The highest BCUT2D eigenvalue weighted by molar-refractivity contribution is 6.01. The Morgan fingerprint density at radius 1 is 1.27 bits per heavy atom. The Labute approximate surface area is 89.5 Å². The molecule has 1 N–H and O–H groups in total. The van der Waals surface area contributed by atoms with E-state index in [9.17, 15) is 9.59 Å². The average molecular weight is 205 g/mol. The van der Waals surface area contributed by atoms with E-state index in [-0.39, 0.29) is 11.7 Å². The lowest BCUT2D eigenvalue weighted by Gasteiger charge is -2.18. The van der Waals surface area contributed by atoms with Gasteiger partial charge in [-0.05, 0) is 5.92 Å². The topological polar surface area (TPSA) is 46.2 Å². The fourth-order valence-corrected chi connectivity index (χ4v) is 1.43. The van der Waals surface area contributed by atoms with Crippen molar-refractivity contribution in [3.8, 4) is 0 Å². The number of carbonyl (C=O) groups excluding carboxylic acids is 2. The van der Waals surface area contributed by atoms with Crippen LogP contribution >= 0.6 is 0 Å². The summed E-state index contributed by atoms with van der Waals surface area (Å²) < 4.78 is 0. The maximum Gasteiger partial charge on any atom is 0.207 e. The van der Waals surface area contributed by atoms with E-state index in [1.165, 1.54) is 0 Å². The molecule has 0 spiro atoms. The second-order valence-corrected chi connectivity index (χ2v) is 3.74. The molecule has 1 aromatic rings. The summed E-state index contributed by atoms with van der Waals surface area (Å²) in [7, 11) is 0. The van der Waals surface area contributed by atoms with Gasteiger partial charge in [0.15, 0.2) is 5.78 Å². The standard InChI is InChI=1S/C12H15NO2/c1-9(2)11(13-8-14)12(15)10-6-4-3-5-7-10/h3-9,11H,1-2H3,(H,13,14)/t11-/m1/s1. The van der Waals surface area contributed by atoms with E-state index < -0.39 is 6.04 Å². The molecule has 0 aromatic heterocycles. The molecule has 1 aromatic carbocycles. The first-order chi connectivity index (χ1) is 7.16. The van der Waals surface area contributed by atoms with Crippen LogP contribution in [0.15, 0.2) is 30.3 Å². The highest BCUT2D eigenvalue weighted by Gasteiger charge is 2.22. The Morgan fingerprint density at radius 2 is 1.87 bits per heavy atom. The Bertz CT molecular complexity index is 333. The van der Waals surface area contributed by atoms with Crippen molar-refractivity contribution in [2.45, 2.75) is 19.9 Å². The SMILES string of the molecule is CC(C)[C@@H](NC=O)C(=O)c1ccccc1. The number of Topliss-reactive ketones (excluding diaryl/α,β-unsaturated/α-hetero) is 1. The maximum absolute atomic E-state index is 12.0. The lowest BCUT2D eigenvalue weighted by molar-refractivity contribution is -0.110. The van der Waals surface area contributed by atoms with Crippen LogP contribution in [0, 0.1) is 5.92 Å². The summed E-state index contributed by atoms with van der Waals surface area (Å²) in [6.07, 6.45) is 0.575. The highest BCUT2D eigenvalue weighted by atomic mass is 16.1. The highest BCUT2D eigenvalue weighted by Crippen LogP contribution is 2.09. The molecule has 0 aliphatic rings. The number of benzene rings is 1. The fourth-order valence-electron chi connectivity index (χ4n) is 1.43. The van der Waals surface area contributed by atoms with Crippen LogP contribution in [0.2, 0.25) is 0 Å². The van der Waals surface area contributed by atoms with E-state index in [1.807, 2.05) is 32.0 Å². The molecular formula is C12H15NO2. The number of carbonyl (C=O) groups is 2. The molecule has 0 saturated heterocycles. The summed E-state index contributed by atoms with van der Waals surface area (Å²) >= 11 is 0. The Kier molecular flexibility index (Phi) is 4.03. The predicted molar refractivity (Wildman–Crippen MR) is 58.6 cm³/mol. The largest absolute Gasteiger partial charge is 0.348 e. The van der Waals surface area contributed by atoms with Crippen LogP contribution in [-0.4, -0.2) is 18.2 Å². The van der Waals surface area contributed by atoms with Crippen molar-refractivity contribution in [1.29, 1.82) is 0 Å². The summed E-state index contributed by atoms with van der Waals surface area (Å²) in [4.78, 5) is 22.3. The van der Waals surface area contributed by atoms with Crippen LogP contribution in [0.5, 0.6) is 0 Å². The molecule has 0 radical (unpaired) electrons. The van der Waals surface area contributed by atoms with Gasteiger partial charge in [0.05, 0.1) is 6.04 Å². The first-order valence-corrected chi connectivity index (χ1v) is 4.95. The van der Waals surface area contributed by atoms with Crippen LogP contribution < -0.4 is 5.32 Å². The molecule has 0 bridgehead atoms. The van der Waals surface area contributed by atoms with Crippen molar-refractivity contribution in [2.24, 2.45) is 5.92 Å². The zero-order valence-corrected chi connectivity index (χ0v) is 8.94. The Hall–Kier alpha value is -1.64. The second kappa shape index (κ2) is 5.29. The third-order valence-corrected chi connectivity index (χ3v) is 2.26. The maximum atomic E-state index is 12.0. The van der Waals surface area contributed by atoms with Crippen molar-refractivity contribution in [1.82, 2.24) is 5.32 Å². The third-order valence-electron chi connectivity index (χ3n) is 2.26. The average Bonchev–Trinajstić information content (AvgIpc) is 2.26. The first-order valence-electron chi connectivity index (χ1n) is 4.95. The van der Waals surface area contributed by atoms with Crippen LogP contribution in [0.4, 0.5) is 0 Å². The van der Waals surface area contributed by atoms with Crippen molar-refractivity contribution in [3.05, 3.63) is 35.9 Å². The molecule has 1 amide bonds. The number of amides is 1. The Balaban J connectivity index is 2.86. The molecule has 3 heteroatoms. The number of hydrogen-bond donors (Lipinski definition) is 1. The van der Waals surface area contributed by atoms with Gasteiger partial charge in [-0.25, -0.2) is 0 Å². The molecule has 0 aliphatic carbocycles. The third kappa shape index (κ3) is 2.91. The van der Waals surface area contributed by atoms with Crippen LogP contribution in [0.1, 0.15) is 24.2 Å². The molecule has 0 aliphatic heterocycles. The van der Waals surface area contributed by atoms with E-state index >= 15 is 0 Å².